The first-order valence-corrected chi connectivity index (χ1v) is 4.78. The fraction of sp³-hybridized carbons (Fsp3) is 0.273. The number of carbonyl (C=O) groups is 1. The van der Waals surface area contributed by atoms with Gasteiger partial charge in [0.05, 0.1) is 0 Å². The van der Waals surface area contributed by atoms with Gasteiger partial charge < -0.3 is 14.2 Å². The van der Waals surface area contributed by atoms with E-state index in [0.29, 0.717) is 5.75 Å². The van der Waals surface area contributed by atoms with E-state index in [1.165, 1.54) is 0 Å². The second-order valence-corrected chi connectivity index (χ2v) is 3.23. The number of hydrogen-bond acceptors (Lipinski definition) is 4. The number of alkyl halides is 1. The molecular formula is C11H10FKO4. The number of carbonyl (C=O) groups excluding carboxylic acids is 1. The maximum absolute atomic E-state index is 13.0. The molecule has 17 heavy (non-hydrogen) atoms. The van der Waals surface area contributed by atoms with E-state index in [9.17, 15) is 9.18 Å². The van der Waals surface area contributed by atoms with Gasteiger partial charge in [-0.1, -0.05) is 18.2 Å². The molecule has 1 aliphatic rings. The Morgan fingerprint density at radius 2 is 2.12 bits per heavy atom. The average molecular weight is 264 g/mol. The van der Waals surface area contributed by atoms with Crippen LogP contribution in [0.5, 0.6) is 5.75 Å². The first-order chi connectivity index (χ1) is 7.75. The number of ether oxygens (including phenoxy) is 3. The van der Waals surface area contributed by atoms with Crippen LogP contribution in [0.2, 0.25) is 0 Å². The molecule has 0 saturated carbocycles. The Morgan fingerprint density at radius 3 is 2.71 bits per heavy atom. The van der Waals surface area contributed by atoms with Crippen molar-refractivity contribution in [1.82, 2.24) is 0 Å². The zero-order valence-corrected chi connectivity index (χ0v) is 12.5. The molecule has 1 aromatic carbocycles. The van der Waals surface area contributed by atoms with Crippen LogP contribution in [0.3, 0.4) is 0 Å². The number of benzene rings is 1. The van der Waals surface area contributed by atoms with Crippen molar-refractivity contribution in [3.05, 3.63) is 36.9 Å². The molecule has 0 N–H and O–H groups in total. The number of hydrogen-bond donors (Lipinski definition) is 0. The van der Waals surface area contributed by atoms with Gasteiger partial charge in [-0.05, 0) is 12.1 Å². The quantitative estimate of drug-likeness (QED) is 0.301. The van der Waals surface area contributed by atoms with Crippen molar-refractivity contribution in [2.24, 2.45) is 0 Å². The van der Waals surface area contributed by atoms with Gasteiger partial charge in [0.15, 0.2) is 0 Å². The third kappa shape index (κ3) is 4.65. The van der Waals surface area contributed by atoms with Crippen molar-refractivity contribution in [1.29, 1.82) is 0 Å². The van der Waals surface area contributed by atoms with Crippen LogP contribution in [-0.4, -0.2) is 25.0 Å². The van der Waals surface area contributed by atoms with Gasteiger partial charge in [-0.25, -0.2) is 9.18 Å². The van der Waals surface area contributed by atoms with Crippen molar-refractivity contribution in [2.45, 2.75) is 12.3 Å². The zero-order valence-electron chi connectivity index (χ0n) is 9.34. The first kappa shape index (κ1) is 15.1. The van der Waals surface area contributed by atoms with Crippen LogP contribution in [0.25, 0.3) is 0 Å². The van der Waals surface area contributed by atoms with Crippen LogP contribution >= 0.6 is 0 Å². The molecule has 1 aromatic rings. The SMILES string of the molecule is O=C(Oc1ccccc1)O[C@@H]1[CH-]OCC1F.[K+]. The van der Waals surface area contributed by atoms with Crippen molar-refractivity contribution in [3.8, 4) is 5.75 Å². The van der Waals surface area contributed by atoms with Gasteiger partial charge >= 0.3 is 57.5 Å². The Hall–Kier alpha value is 0.0164. The number of halogens is 1. The molecule has 2 atom stereocenters. The van der Waals surface area contributed by atoms with E-state index in [1.54, 1.807) is 30.3 Å². The normalized spacial score (nSPS) is 22.6. The van der Waals surface area contributed by atoms with Gasteiger partial charge in [-0.15, -0.1) is 0 Å². The summed E-state index contributed by atoms with van der Waals surface area (Å²) in [4.78, 5) is 11.2. The van der Waals surface area contributed by atoms with E-state index in [2.05, 4.69) is 4.74 Å². The molecule has 0 aliphatic carbocycles. The van der Waals surface area contributed by atoms with Crippen molar-refractivity contribution in [3.63, 3.8) is 0 Å². The second kappa shape index (κ2) is 7.45. The minimum Gasteiger partial charge on any atom is -0.546 e. The molecule has 4 nitrogen and oxygen atoms in total. The average Bonchev–Trinajstić information content (AvgIpc) is 2.66. The van der Waals surface area contributed by atoms with Gasteiger partial charge in [0, 0.05) is 12.7 Å². The molecular weight excluding hydrogens is 254 g/mol. The Balaban J connectivity index is 0.00000144. The van der Waals surface area contributed by atoms with Crippen molar-refractivity contribution < 1.29 is 74.8 Å². The zero-order chi connectivity index (χ0) is 11.4. The van der Waals surface area contributed by atoms with Crippen LogP contribution in [0.4, 0.5) is 9.18 Å². The fourth-order valence-electron chi connectivity index (χ4n) is 1.24. The molecule has 2 rings (SSSR count). The van der Waals surface area contributed by atoms with E-state index in [4.69, 9.17) is 9.47 Å². The molecule has 1 unspecified atom stereocenters. The first-order valence-electron chi connectivity index (χ1n) is 4.78. The third-order valence-electron chi connectivity index (χ3n) is 2.02. The minimum atomic E-state index is -1.33. The summed E-state index contributed by atoms with van der Waals surface area (Å²) in [5, 5.41) is 0. The predicted molar refractivity (Wildman–Crippen MR) is 52.5 cm³/mol. The maximum Gasteiger partial charge on any atom is 1.00 e. The number of para-hydroxylation sites is 1. The van der Waals surface area contributed by atoms with Crippen LogP contribution < -0.4 is 56.1 Å². The molecule has 0 amide bonds. The standard InChI is InChI=1S/C11H10FO4.K/c12-9-6-14-7-10(9)16-11(13)15-8-4-2-1-3-5-8;/h1-5,7,9-10H,6H2;/q-1;+1/t9?,10-;/m1./s1. The molecule has 6 heteroatoms. The molecule has 1 heterocycles. The summed E-state index contributed by atoms with van der Waals surface area (Å²) in [6.45, 7) is 1.06. The van der Waals surface area contributed by atoms with E-state index < -0.39 is 18.4 Å². The largest absolute Gasteiger partial charge is 1.00 e. The molecule has 1 saturated heterocycles. The summed E-state index contributed by atoms with van der Waals surface area (Å²) < 4.78 is 27.2. The van der Waals surface area contributed by atoms with Gasteiger partial charge in [-0.2, -0.15) is 6.61 Å². The number of rotatable bonds is 2. The molecule has 86 valence electrons. The topological polar surface area (TPSA) is 44.8 Å². The third-order valence-corrected chi connectivity index (χ3v) is 2.02. The molecule has 0 spiro atoms. The van der Waals surface area contributed by atoms with Crippen LogP contribution in [0, 0.1) is 6.61 Å². The van der Waals surface area contributed by atoms with E-state index in [-0.39, 0.29) is 58.0 Å². The van der Waals surface area contributed by atoms with Gasteiger partial charge in [-0.3, -0.25) is 0 Å². The summed E-state index contributed by atoms with van der Waals surface area (Å²) in [5.74, 6) is 0.349. The second-order valence-electron chi connectivity index (χ2n) is 3.23. The van der Waals surface area contributed by atoms with Gasteiger partial charge in [0.1, 0.15) is 11.9 Å². The van der Waals surface area contributed by atoms with Crippen LogP contribution in [-0.2, 0) is 9.47 Å². The minimum absolute atomic E-state index is 0. The molecule has 0 radical (unpaired) electrons. The Labute approximate surface area is 141 Å². The Morgan fingerprint density at radius 1 is 1.41 bits per heavy atom. The predicted octanol–water partition coefficient (Wildman–Crippen LogP) is -0.895. The van der Waals surface area contributed by atoms with E-state index in [1.807, 2.05) is 0 Å². The van der Waals surface area contributed by atoms with Crippen molar-refractivity contribution >= 4 is 6.16 Å². The van der Waals surface area contributed by atoms with Crippen LogP contribution in [0.15, 0.2) is 30.3 Å². The van der Waals surface area contributed by atoms with Crippen LogP contribution in [0.1, 0.15) is 0 Å². The summed E-state index contributed by atoms with van der Waals surface area (Å²) in [6.07, 6.45) is -3.26. The summed E-state index contributed by atoms with van der Waals surface area (Å²) in [6, 6.07) is 8.41. The summed E-state index contributed by atoms with van der Waals surface area (Å²) in [5.41, 5.74) is 0. The van der Waals surface area contributed by atoms with Gasteiger partial charge in [0.2, 0.25) is 0 Å². The van der Waals surface area contributed by atoms with Crippen molar-refractivity contribution in [2.75, 3.05) is 6.61 Å². The summed E-state index contributed by atoms with van der Waals surface area (Å²) >= 11 is 0. The smallest absolute Gasteiger partial charge is 0.546 e. The Kier molecular flexibility index (Phi) is 6.61. The summed E-state index contributed by atoms with van der Waals surface area (Å²) in [7, 11) is 0. The maximum atomic E-state index is 13.0. The Bertz CT molecular complexity index is 360. The molecule has 1 fully saturated rings. The fourth-order valence-corrected chi connectivity index (χ4v) is 1.24. The van der Waals surface area contributed by atoms with E-state index >= 15 is 0 Å². The molecule has 1 aliphatic heterocycles. The molecule has 0 bridgehead atoms. The van der Waals surface area contributed by atoms with Gasteiger partial charge in [0.25, 0.3) is 0 Å². The van der Waals surface area contributed by atoms with E-state index in [0.717, 1.165) is 6.61 Å². The molecule has 0 aromatic heterocycles. The monoisotopic (exact) mass is 264 g/mol.